The topological polar surface area (TPSA) is 88.2 Å². The molecule has 5 N–H and O–H groups in total. The lowest BCUT2D eigenvalue weighted by Crippen LogP contribution is -2.31. The largest absolute Gasteiger partial charge is 0.383 e. The Morgan fingerprint density at radius 3 is 2.70 bits per heavy atom. The van der Waals surface area contributed by atoms with Crippen molar-refractivity contribution in [3.63, 3.8) is 0 Å². The van der Waals surface area contributed by atoms with Gasteiger partial charge in [-0.05, 0) is 95.7 Å². The predicted molar refractivity (Wildman–Crippen MR) is 173 cm³/mol. The van der Waals surface area contributed by atoms with Crippen molar-refractivity contribution < 1.29 is 0 Å². The molecule has 3 aliphatic rings. The van der Waals surface area contributed by atoms with Crippen LogP contribution in [0.3, 0.4) is 0 Å². The second-order valence-electron chi connectivity index (χ2n) is 10.7. The molecule has 0 amide bonds. The number of hydrogen-bond acceptors (Lipinski definition) is 5. The molecule has 206 valence electrons. The standard InChI is InChI=1S/C34H37ClN4S/c1-6-17-34(20-24-10-7-8-11-25(24)31(34)36)18-16-23(5)28-13-9-12-26(32(37)39-28)33(38)40-29-15-14-22(4)19-27(21(2)3)30(29)35/h7-11,13-15,19,31,38H,2,4-6,16-18,20,36H2,1,3H3,(H2,37,39)/t31-,34?/m1/s1. The van der Waals surface area contributed by atoms with Crippen molar-refractivity contribution in [2.75, 3.05) is 0 Å². The summed E-state index contributed by atoms with van der Waals surface area (Å²) in [6.07, 6.45) is 14.0. The van der Waals surface area contributed by atoms with E-state index in [1.54, 1.807) is 6.08 Å². The van der Waals surface area contributed by atoms with Crippen LogP contribution < -0.4 is 11.5 Å². The van der Waals surface area contributed by atoms with Gasteiger partial charge in [-0.3, -0.25) is 5.41 Å². The number of nitrogens with two attached hydrogens (primary N) is 2. The molecule has 1 aromatic rings. The molecule has 1 aliphatic heterocycles. The van der Waals surface area contributed by atoms with Crippen molar-refractivity contribution in [1.29, 1.82) is 5.41 Å². The Morgan fingerprint density at radius 1 is 1.25 bits per heavy atom. The van der Waals surface area contributed by atoms with Gasteiger partial charge in [0, 0.05) is 10.9 Å². The second kappa shape index (κ2) is 12.4. The van der Waals surface area contributed by atoms with Crippen LogP contribution in [0.4, 0.5) is 0 Å². The van der Waals surface area contributed by atoms with Crippen LogP contribution in [0, 0.1) is 10.8 Å². The van der Waals surface area contributed by atoms with Crippen molar-refractivity contribution in [3.05, 3.63) is 135 Å². The molecule has 0 fully saturated rings. The molecule has 4 nitrogen and oxygen atoms in total. The third-order valence-electron chi connectivity index (χ3n) is 7.72. The summed E-state index contributed by atoms with van der Waals surface area (Å²) in [5.41, 5.74) is 23.4. The zero-order valence-corrected chi connectivity index (χ0v) is 24.9. The number of rotatable bonds is 9. The van der Waals surface area contributed by atoms with Gasteiger partial charge in [-0.15, -0.1) is 5.73 Å². The van der Waals surface area contributed by atoms with Gasteiger partial charge in [0.1, 0.15) is 10.9 Å². The SMILES string of the molecule is C=C1C=CC(SC(=N)C2=C=CC=C(C(=C)CCC3(CCC)Cc4ccccc4[C@H]3N)N=C2N)=C(Cl)C(C(=C)C)=C1. The molecule has 1 aromatic carbocycles. The Balaban J connectivity index is 1.47. The number of halogens is 1. The van der Waals surface area contributed by atoms with Gasteiger partial charge >= 0.3 is 0 Å². The van der Waals surface area contributed by atoms with Crippen molar-refractivity contribution in [2.24, 2.45) is 21.9 Å². The van der Waals surface area contributed by atoms with Crippen LogP contribution in [0.2, 0.25) is 0 Å². The molecule has 2 aliphatic carbocycles. The highest BCUT2D eigenvalue weighted by atomic mass is 35.5. The van der Waals surface area contributed by atoms with E-state index in [0.717, 1.165) is 54.4 Å². The van der Waals surface area contributed by atoms with Crippen LogP contribution in [-0.2, 0) is 6.42 Å². The number of aliphatic imine (C=N–C) groups is 1. The van der Waals surface area contributed by atoms with Gasteiger partial charge in [0.2, 0.25) is 0 Å². The summed E-state index contributed by atoms with van der Waals surface area (Å²) in [5.74, 6) is 0.223. The molecule has 2 atom stereocenters. The van der Waals surface area contributed by atoms with Crippen LogP contribution in [0.1, 0.15) is 56.7 Å². The van der Waals surface area contributed by atoms with Crippen LogP contribution in [0.5, 0.6) is 0 Å². The zero-order chi connectivity index (χ0) is 29.0. The van der Waals surface area contributed by atoms with Gasteiger partial charge in [0.05, 0.1) is 16.3 Å². The number of fused-ring (bicyclic) bond motifs is 1. The molecule has 6 heteroatoms. The number of thioether (sulfide) groups is 1. The number of nitrogens with one attached hydrogen (secondary N) is 1. The third kappa shape index (κ3) is 6.19. The molecule has 0 saturated heterocycles. The van der Waals surface area contributed by atoms with E-state index in [-0.39, 0.29) is 22.3 Å². The maximum atomic E-state index is 8.79. The Hall–Kier alpha value is -3.34. The first-order chi connectivity index (χ1) is 19.1. The summed E-state index contributed by atoms with van der Waals surface area (Å²) in [4.78, 5) is 5.38. The number of nitrogens with zero attached hydrogens (tertiary/aromatic N) is 1. The lowest BCUT2D eigenvalue weighted by atomic mass is 9.73. The highest BCUT2D eigenvalue weighted by Gasteiger charge is 2.42. The van der Waals surface area contributed by atoms with Gasteiger partial charge in [0.15, 0.2) is 0 Å². The first kappa shape index (κ1) is 29.6. The number of hydrogen-bond donors (Lipinski definition) is 3. The van der Waals surface area contributed by atoms with E-state index in [4.69, 9.17) is 28.5 Å². The van der Waals surface area contributed by atoms with Crippen LogP contribution in [0.15, 0.2) is 129 Å². The molecule has 40 heavy (non-hydrogen) atoms. The molecule has 1 heterocycles. The van der Waals surface area contributed by atoms with E-state index in [0.29, 0.717) is 21.2 Å². The van der Waals surface area contributed by atoms with Gasteiger partial charge in [-0.25, -0.2) is 4.99 Å². The van der Waals surface area contributed by atoms with E-state index in [2.05, 4.69) is 61.6 Å². The van der Waals surface area contributed by atoms with E-state index in [9.17, 15) is 0 Å². The molecule has 4 rings (SSSR count). The van der Waals surface area contributed by atoms with Gasteiger partial charge in [-0.1, -0.05) is 86.8 Å². The fourth-order valence-electron chi connectivity index (χ4n) is 5.57. The minimum Gasteiger partial charge on any atom is -0.383 e. The van der Waals surface area contributed by atoms with Crippen LogP contribution in [-0.4, -0.2) is 10.9 Å². The summed E-state index contributed by atoms with van der Waals surface area (Å²) in [6.45, 7) is 16.5. The van der Waals surface area contributed by atoms with E-state index >= 15 is 0 Å². The van der Waals surface area contributed by atoms with Crippen LogP contribution in [0.25, 0.3) is 0 Å². The molecule has 0 aromatic heterocycles. The molecule has 1 unspecified atom stereocenters. The maximum Gasteiger partial charge on any atom is 0.141 e. The Kier molecular flexibility index (Phi) is 9.22. The lowest BCUT2D eigenvalue weighted by molar-refractivity contribution is 0.203. The van der Waals surface area contributed by atoms with Gasteiger partial charge in [-0.2, -0.15) is 0 Å². The third-order valence-corrected chi connectivity index (χ3v) is 9.21. The Labute approximate surface area is 247 Å². The van der Waals surface area contributed by atoms with Crippen molar-refractivity contribution in [2.45, 2.75) is 52.0 Å². The van der Waals surface area contributed by atoms with Gasteiger partial charge < -0.3 is 11.5 Å². The fraction of sp³-hybridized carbons (Fsp3) is 0.265. The molecular weight excluding hydrogens is 532 g/mol. The van der Waals surface area contributed by atoms with Crippen molar-refractivity contribution in [1.82, 2.24) is 0 Å². The number of amidine groups is 1. The summed E-state index contributed by atoms with van der Waals surface area (Å²) in [7, 11) is 0. The minimum absolute atomic E-state index is 0.00154. The first-order valence-electron chi connectivity index (χ1n) is 13.5. The quantitative estimate of drug-likeness (QED) is 0.158. The highest BCUT2D eigenvalue weighted by molar-refractivity contribution is 8.17. The smallest absolute Gasteiger partial charge is 0.141 e. The highest BCUT2D eigenvalue weighted by Crippen LogP contribution is 2.51. The average Bonchev–Trinajstić information content (AvgIpc) is 3.02. The monoisotopic (exact) mass is 568 g/mol. The maximum absolute atomic E-state index is 8.79. The molecule has 0 radical (unpaired) electrons. The number of allylic oxidation sites excluding steroid dienone is 9. The van der Waals surface area contributed by atoms with Crippen molar-refractivity contribution >= 4 is 34.2 Å². The normalized spacial score (nSPS) is 22.1. The summed E-state index contributed by atoms with van der Waals surface area (Å²) >= 11 is 7.90. The first-order valence-corrected chi connectivity index (χ1v) is 14.7. The molecule has 0 saturated carbocycles. The molecule has 0 spiro atoms. The van der Waals surface area contributed by atoms with E-state index in [1.807, 2.05) is 31.2 Å². The molecular formula is C34H37ClN4S. The predicted octanol–water partition coefficient (Wildman–Crippen LogP) is 8.49. The van der Waals surface area contributed by atoms with Gasteiger partial charge in [0.25, 0.3) is 0 Å². The summed E-state index contributed by atoms with van der Waals surface area (Å²) < 4.78 is 0. The fourth-order valence-corrected chi connectivity index (χ4v) is 6.79. The van der Waals surface area contributed by atoms with E-state index < -0.39 is 0 Å². The Morgan fingerprint density at radius 2 is 2.00 bits per heavy atom. The summed E-state index contributed by atoms with van der Waals surface area (Å²) in [6, 6.07) is 8.54. The second-order valence-corrected chi connectivity index (χ2v) is 12.1. The minimum atomic E-state index is 0.00154. The van der Waals surface area contributed by atoms with Crippen LogP contribution >= 0.6 is 23.4 Å². The zero-order valence-electron chi connectivity index (χ0n) is 23.3. The molecule has 0 bridgehead atoms. The number of benzene rings is 1. The summed E-state index contributed by atoms with van der Waals surface area (Å²) in [5, 5.41) is 9.50. The average molecular weight is 569 g/mol. The van der Waals surface area contributed by atoms with Crippen molar-refractivity contribution in [3.8, 4) is 0 Å². The van der Waals surface area contributed by atoms with E-state index in [1.165, 1.54) is 22.9 Å². The lowest BCUT2D eigenvalue weighted by Gasteiger charge is -2.34. The Bertz CT molecular complexity index is 1510.